The molecular weight excluding hydrogens is 316 g/mol. The predicted molar refractivity (Wildman–Crippen MR) is 111 cm³/mol. The molecule has 0 fully saturated rings. The topological polar surface area (TPSA) is 8.81 Å². The number of aromatic nitrogens is 2. The summed E-state index contributed by atoms with van der Waals surface area (Å²) in [6.07, 6.45) is 18.2. The molecule has 144 valence electrons. The molecule has 0 saturated heterocycles. The summed E-state index contributed by atoms with van der Waals surface area (Å²) in [6, 6.07) is 11.3. The molecular formula is C24H39N2+. The zero-order chi connectivity index (χ0) is 18.6. The fraction of sp³-hybridized carbons (Fsp3) is 0.625. The summed E-state index contributed by atoms with van der Waals surface area (Å²) >= 11 is 0. The van der Waals surface area contributed by atoms with Crippen molar-refractivity contribution in [1.29, 1.82) is 0 Å². The monoisotopic (exact) mass is 355 g/mol. The van der Waals surface area contributed by atoms with Gasteiger partial charge in [-0.2, -0.15) is 0 Å². The van der Waals surface area contributed by atoms with Gasteiger partial charge in [-0.15, -0.1) is 0 Å². The Morgan fingerprint density at radius 3 is 2.08 bits per heavy atom. The molecule has 0 aliphatic heterocycles. The van der Waals surface area contributed by atoms with Crippen LogP contribution < -0.4 is 4.57 Å². The second-order valence-corrected chi connectivity index (χ2v) is 7.91. The minimum atomic E-state index is 0.528. The lowest BCUT2D eigenvalue weighted by atomic mass is 10.1. The molecule has 26 heavy (non-hydrogen) atoms. The van der Waals surface area contributed by atoms with E-state index in [4.69, 9.17) is 0 Å². The molecule has 1 heterocycles. The van der Waals surface area contributed by atoms with Crippen molar-refractivity contribution in [3.63, 3.8) is 0 Å². The number of hydrogen-bond acceptors (Lipinski definition) is 0. The Labute approximate surface area is 161 Å². The Hall–Kier alpha value is -1.57. The molecule has 0 amide bonds. The fourth-order valence-electron chi connectivity index (χ4n) is 3.73. The predicted octanol–water partition coefficient (Wildman–Crippen LogP) is 6.48. The number of imidazole rings is 1. The molecule has 0 saturated carbocycles. The van der Waals surface area contributed by atoms with E-state index in [0.717, 1.165) is 6.54 Å². The van der Waals surface area contributed by atoms with Gasteiger partial charge in [-0.3, -0.25) is 0 Å². The average molecular weight is 356 g/mol. The summed E-state index contributed by atoms with van der Waals surface area (Å²) in [4.78, 5) is 0. The lowest BCUT2D eigenvalue weighted by Gasteiger charge is -2.08. The number of hydrogen-bond donors (Lipinski definition) is 0. The van der Waals surface area contributed by atoms with Crippen LogP contribution in [0.3, 0.4) is 0 Å². The smallest absolute Gasteiger partial charge is 0.232 e. The molecule has 2 heteroatoms. The normalized spacial score (nSPS) is 11.4. The molecule has 2 rings (SSSR count). The Kier molecular flexibility index (Phi) is 9.52. The molecule has 0 aliphatic rings. The highest BCUT2D eigenvalue weighted by Crippen LogP contribution is 2.14. The first-order valence-corrected chi connectivity index (χ1v) is 10.9. The molecule has 2 aromatic rings. The number of benzene rings is 1. The van der Waals surface area contributed by atoms with E-state index in [-0.39, 0.29) is 0 Å². The molecule has 0 spiro atoms. The van der Waals surface area contributed by atoms with E-state index in [1.54, 1.807) is 0 Å². The van der Waals surface area contributed by atoms with Gasteiger partial charge in [-0.1, -0.05) is 88.6 Å². The third-order valence-electron chi connectivity index (χ3n) is 5.29. The van der Waals surface area contributed by atoms with Crippen LogP contribution in [0.25, 0.3) is 0 Å². The van der Waals surface area contributed by atoms with Crippen LogP contribution in [0.2, 0.25) is 0 Å². The Balaban J connectivity index is 1.80. The van der Waals surface area contributed by atoms with E-state index in [9.17, 15) is 0 Å². The van der Waals surface area contributed by atoms with Gasteiger partial charge in [0.05, 0.1) is 6.04 Å². The first-order valence-electron chi connectivity index (χ1n) is 10.9. The minimum absolute atomic E-state index is 0.528. The first kappa shape index (κ1) is 20.7. The Bertz CT molecular complexity index is 598. The molecule has 0 unspecified atom stereocenters. The lowest BCUT2D eigenvalue weighted by Crippen LogP contribution is -2.38. The lowest BCUT2D eigenvalue weighted by molar-refractivity contribution is -0.695. The van der Waals surface area contributed by atoms with Crippen molar-refractivity contribution in [2.75, 3.05) is 0 Å². The summed E-state index contributed by atoms with van der Waals surface area (Å²) in [5.74, 6) is 1.48. The maximum Gasteiger partial charge on any atom is 0.256 e. The van der Waals surface area contributed by atoms with Crippen molar-refractivity contribution < 1.29 is 4.57 Å². The van der Waals surface area contributed by atoms with Crippen LogP contribution in [0, 0.1) is 0 Å². The fourth-order valence-corrected chi connectivity index (χ4v) is 3.73. The highest BCUT2D eigenvalue weighted by Gasteiger charge is 2.19. The van der Waals surface area contributed by atoms with Crippen LogP contribution in [0.15, 0.2) is 42.7 Å². The van der Waals surface area contributed by atoms with Gasteiger partial charge < -0.3 is 0 Å². The second kappa shape index (κ2) is 11.9. The van der Waals surface area contributed by atoms with Crippen molar-refractivity contribution in [2.24, 2.45) is 0 Å². The highest BCUT2D eigenvalue weighted by molar-refractivity contribution is 5.13. The number of nitrogens with zero attached hydrogens (tertiary/aromatic N) is 2. The summed E-state index contributed by atoms with van der Waals surface area (Å²) < 4.78 is 4.90. The summed E-state index contributed by atoms with van der Waals surface area (Å²) in [7, 11) is 0. The maximum absolute atomic E-state index is 2.45. The zero-order valence-electron chi connectivity index (χ0n) is 17.3. The molecule has 1 aromatic carbocycles. The van der Waals surface area contributed by atoms with Crippen molar-refractivity contribution in [1.82, 2.24) is 4.57 Å². The molecule has 1 aromatic heterocycles. The molecule has 0 radical (unpaired) electrons. The van der Waals surface area contributed by atoms with Gasteiger partial charge in [-0.25, -0.2) is 9.13 Å². The van der Waals surface area contributed by atoms with Crippen molar-refractivity contribution in [3.8, 4) is 0 Å². The van der Waals surface area contributed by atoms with Gasteiger partial charge in [-0.05, 0) is 25.8 Å². The Morgan fingerprint density at radius 1 is 0.846 bits per heavy atom. The van der Waals surface area contributed by atoms with Crippen molar-refractivity contribution in [3.05, 3.63) is 54.1 Å². The number of unbranched alkanes of at least 4 members (excludes halogenated alkanes) is 8. The van der Waals surface area contributed by atoms with Crippen LogP contribution in [0.4, 0.5) is 0 Å². The summed E-state index contributed by atoms with van der Waals surface area (Å²) in [5.41, 5.74) is 1.38. The van der Waals surface area contributed by atoms with Gasteiger partial charge in [0.1, 0.15) is 18.9 Å². The Morgan fingerprint density at radius 2 is 1.46 bits per heavy atom. The van der Waals surface area contributed by atoms with Crippen LogP contribution >= 0.6 is 0 Å². The van der Waals surface area contributed by atoms with E-state index < -0.39 is 0 Å². The third kappa shape index (κ3) is 6.97. The van der Waals surface area contributed by atoms with E-state index in [1.165, 1.54) is 75.6 Å². The van der Waals surface area contributed by atoms with Crippen LogP contribution in [-0.4, -0.2) is 4.57 Å². The second-order valence-electron chi connectivity index (χ2n) is 7.91. The first-order chi connectivity index (χ1) is 12.7. The van der Waals surface area contributed by atoms with E-state index in [0.29, 0.717) is 6.04 Å². The summed E-state index contributed by atoms with van der Waals surface area (Å²) in [5, 5.41) is 0. The van der Waals surface area contributed by atoms with E-state index in [2.05, 4.69) is 72.6 Å². The third-order valence-corrected chi connectivity index (χ3v) is 5.29. The van der Waals surface area contributed by atoms with Gasteiger partial charge in [0.25, 0.3) is 5.82 Å². The van der Waals surface area contributed by atoms with Crippen LogP contribution in [0.1, 0.15) is 96.0 Å². The maximum atomic E-state index is 2.45. The average Bonchev–Trinajstić information content (AvgIpc) is 3.04. The van der Waals surface area contributed by atoms with Gasteiger partial charge in [0, 0.05) is 6.42 Å². The summed E-state index contributed by atoms with van der Waals surface area (Å²) in [6.45, 7) is 7.84. The molecule has 0 bridgehead atoms. The van der Waals surface area contributed by atoms with Crippen molar-refractivity contribution >= 4 is 0 Å². The van der Waals surface area contributed by atoms with Crippen LogP contribution in [0.5, 0.6) is 0 Å². The van der Waals surface area contributed by atoms with Gasteiger partial charge in [0.15, 0.2) is 0 Å². The standard InChI is InChI=1S/C24H39N2/c1-4-5-6-7-8-9-10-11-15-18-24-25(19-20-26(24)22(2)3)21-23-16-13-12-14-17-23/h12-14,16-17,19-20,22H,4-11,15,18,21H2,1-3H3/q+1. The van der Waals surface area contributed by atoms with E-state index in [1.807, 2.05) is 0 Å². The minimum Gasteiger partial charge on any atom is -0.232 e. The molecule has 2 nitrogen and oxygen atoms in total. The molecule has 0 N–H and O–H groups in total. The number of rotatable bonds is 13. The van der Waals surface area contributed by atoms with E-state index >= 15 is 0 Å². The van der Waals surface area contributed by atoms with Crippen LogP contribution in [-0.2, 0) is 13.0 Å². The van der Waals surface area contributed by atoms with Gasteiger partial charge >= 0.3 is 0 Å². The largest absolute Gasteiger partial charge is 0.256 e. The zero-order valence-corrected chi connectivity index (χ0v) is 17.3. The highest BCUT2D eigenvalue weighted by atomic mass is 15.2. The molecule has 0 aliphatic carbocycles. The SMILES string of the molecule is CCCCCCCCCCCc1n(C(C)C)cc[n+]1Cc1ccccc1. The quantitative estimate of drug-likeness (QED) is 0.287. The van der Waals surface area contributed by atoms with Crippen molar-refractivity contribution in [2.45, 2.75) is 97.6 Å². The van der Waals surface area contributed by atoms with Gasteiger partial charge in [0.2, 0.25) is 0 Å². The molecule has 0 atom stereocenters.